The Morgan fingerprint density at radius 1 is 0.471 bits per heavy atom. The third-order valence-electron chi connectivity index (χ3n) is 9.94. The molecule has 0 amide bonds. The van der Waals surface area contributed by atoms with Crippen LogP contribution in [0.4, 0.5) is 0 Å². The third-order valence-corrected chi connectivity index (χ3v) is 9.94. The van der Waals surface area contributed by atoms with Gasteiger partial charge in [-0.25, -0.2) is 9.98 Å². The summed E-state index contributed by atoms with van der Waals surface area (Å²) in [7, 11) is 0. The lowest BCUT2D eigenvalue weighted by Gasteiger charge is -2.25. The molecule has 4 nitrogen and oxygen atoms in total. The molecule has 10 rings (SSSR count). The molecule has 0 saturated carbocycles. The van der Waals surface area contributed by atoms with E-state index in [2.05, 4.69) is 151 Å². The minimum atomic E-state index is -0.368. The molecule has 51 heavy (non-hydrogen) atoms. The molecule has 1 atom stereocenters. The molecule has 1 N–H and O–H groups in total. The molecule has 1 aliphatic rings. The van der Waals surface area contributed by atoms with E-state index >= 15 is 0 Å². The van der Waals surface area contributed by atoms with Crippen molar-refractivity contribution in [1.29, 1.82) is 0 Å². The molecule has 0 aliphatic carbocycles. The molecule has 0 bridgehead atoms. The molecule has 0 spiro atoms. The summed E-state index contributed by atoms with van der Waals surface area (Å²) >= 11 is 0. The van der Waals surface area contributed by atoms with Crippen LogP contribution in [0, 0.1) is 0 Å². The van der Waals surface area contributed by atoms with Crippen LogP contribution in [0.5, 0.6) is 0 Å². The van der Waals surface area contributed by atoms with Crippen molar-refractivity contribution < 1.29 is 4.42 Å². The molecule has 2 heterocycles. The SMILES string of the molecule is c1ccc(C2=NC(c3c(-c4ccc5ccccc5c4)ccc4oc5ccccc5c34)=NC(c3ccc(-c4cccc5ccccc45)cc3)N2)cc1. The van der Waals surface area contributed by atoms with Crippen LogP contribution in [-0.2, 0) is 0 Å². The number of para-hydroxylation sites is 1. The molecule has 8 aromatic carbocycles. The van der Waals surface area contributed by atoms with Gasteiger partial charge in [-0.3, -0.25) is 0 Å². The fraction of sp³-hybridized carbons (Fsp3) is 0.0213. The minimum Gasteiger partial charge on any atom is -0.456 e. The summed E-state index contributed by atoms with van der Waals surface area (Å²) in [6, 6.07) is 61.7. The van der Waals surface area contributed by atoms with E-state index in [4.69, 9.17) is 14.4 Å². The highest BCUT2D eigenvalue weighted by atomic mass is 16.3. The van der Waals surface area contributed by atoms with Gasteiger partial charge in [0.2, 0.25) is 0 Å². The first-order chi connectivity index (χ1) is 25.3. The highest BCUT2D eigenvalue weighted by Crippen LogP contribution is 2.40. The predicted octanol–water partition coefficient (Wildman–Crippen LogP) is 11.7. The quantitative estimate of drug-likeness (QED) is 0.201. The highest BCUT2D eigenvalue weighted by molar-refractivity contribution is 6.25. The number of nitrogens with one attached hydrogen (secondary N) is 1. The van der Waals surface area contributed by atoms with Gasteiger partial charge in [-0.1, -0.05) is 152 Å². The molecule has 1 unspecified atom stereocenters. The van der Waals surface area contributed by atoms with Crippen LogP contribution >= 0.6 is 0 Å². The first kappa shape index (κ1) is 29.2. The van der Waals surface area contributed by atoms with Gasteiger partial charge in [0.25, 0.3) is 0 Å². The van der Waals surface area contributed by atoms with E-state index < -0.39 is 0 Å². The van der Waals surface area contributed by atoms with E-state index in [9.17, 15) is 0 Å². The number of benzene rings is 8. The molecule has 9 aromatic rings. The summed E-state index contributed by atoms with van der Waals surface area (Å²) in [5, 5.41) is 10.6. The van der Waals surface area contributed by atoms with Crippen molar-refractivity contribution in [3.63, 3.8) is 0 Å². The number of nitrogens with zero attached hydrogens (tertiary/aromatic N) is 2. The number of amidine groups is 2. The van der Waals surface area contributed by atoms with Crippen molar-refractivity contribution in [2.75, 3.05) is 0 Å². The van der Waals surface area contributed by atoms with Crippen molar-refractivity contribution in [3.8, 4) is 22.3 Å². The lowest BCUT2D eigenvalue weighted by atomic mass is 9.92. The topological polar surface area (TPSA) is 49.9 Å². The van der Waals surface area contributed by atoms with Crippen molar-refractivity contribution in [2.24, 2.45) is 9.98 Å². The summed E-state index contributed by atoms with van der Waals surface area (Å²) < 4.78 is 6.43. The zero-order valence-electron chi connectivity index (χ0n) is 27.6. The fourth-order valence-corrected chi connectivity index (χ4v) is 7.44. The largest absolute Gasteiger partial charge is 0.456 e. The number of rotatable bonds is 5. The van der Waals surface area contributed by atoms with Crippen molar-refractivity contribution in [2.45, 2.75) is 6.17 Å². The van der Waals surface area contributed by atoms with E-state index in [0.717, 1.165) is 55.6 Å². The second-order valence-electron chi connectivity index (χ2n) is 13.0. The average molecular weight is 654 g/mol. The Kier molecular flexibility index (Phi) is 6.85. The molecule has 4 heteroatoms. The normalized spacial score (nSPS) is 14.5. The lowest BCUT2D eigenvalue weighted by molar-refractivity contribution is 0.668. The van der Waals surface area contributed by atoms with Gasteiger partial charge in [0, 0.05) is 21.9 Å². The number of aliphatic imine (C=N–C) groups is 2. The van der Waals surface area contributed by atoms with Crippen LogP contribution in [-0.4, -0.2) is 11.7 Å². The summed E-state index contributed by atoms with van der Waals surface area (Å²) in [4.78, 5) is 10.7. The maximum atomic E-state index is 6.43. The maximum absolute atomic E-state index is 6.43. The Bertz CT molecular complexity index is 2820. The summed E-state index contributed by atoms with van der Waals surface area (Å²) in [6.45, 7) is 0. The van der Waals surface area contributed by atoms with Gasteiger partial charge in [0.05, 0.1) is 0 Å². The Hall–Kier alpha value is -6.78. The van der Waals surface area contributed by atoms with E-state index in [0.29, 0.717) is 5.84 Å². The second kappa shape index (κ2) is 12.0. The van der Waals surface area contributed by atoms with E-state index in [1.807, 2.05) is 30.3 Å². The first-order valence-electron chi connectivity index (χ1n) is 17.3. The number of fused-ring (bicyclic) bond motifs is 5. The Morgan fingerprint density at radius 3 is 2.04 bits per heavy atom. The van der Waals surface area contributed by atoms with E-state index in [1.165, 1.54) is 32.7 Å². The van der Waals surface area contributed by atoms with Crippen LogP contribution < -0.4 is 5.32 Å². The van der Waals surface area contributed by atoms with E-state index in [1.54, 1.807) is 0 Å². The summed E-state index contributed by atoms with van der Waals surface area (Å²) in [6.07, 6.45) is -0.368. The van der Waals surface area contributed by atoms with Gasteiger partial charge >= 0.3 is 0 Å². The highest BCUT2D eigenvalue weighted by Gasteiger charge is 2.26. The van der Waals surface area contributed by atoms with E-state index in [-0.39, 0.29) is 6.17 Å². The van der Waals surface area contributed by atoms with Crippen LogP contribution in [0.25, 0.3) is 65.7 Å². The monoisotopic (exact) mass is 653 g/mol. The molecular formula is C47H31N3O. The van der Waals surface area contributed by atoms with Crippen LogP contribution in [0.3, 0.4) is 0 Å². The standard InChI is InChI=1S/C47H31N3O/c1-2-13-33(14-3-1)45-48-46(34-24-22-32(23-25-34)38-19-10-16-31-12-6-7-17-37(31)38)50-47(49-45)44-39(36-26-21-30-11-4-5-15-35(30)29-36)27-28-42-43(44)40-18-8-9-20-41(40)51-42/h1-29,46H,(H,48,49,50). The fourth-order valence-electron chi connectivity index (χ4n) is 7.44. The molecule has 0 fully saturated rings. The van der Waals surface area contributed by atoms with Gasteiger partial charge in [-0.2, -0.15) is 0 Å². The molecule has 1 aromatic heterocycles. The lowest BCUT2D eigenvalue weighted by Crippen LogP contribution is -2.33. The van der Waals surface area contributed by atoms with Crippen LogP contribution in [0.15, 0.2) is 190 Å². The van der Waals surface area contributed by atoms with Crippen LogP contribution in [0.1, 0.15) is 22.9 Å². The van der Waals surface area contributed by atoms with Gasteiger partial charge in [0.1, 0.15) is 23.2 Å². The maximum Gasteiger partial charge on any atom is 0.160 e. The smallest absolute Gasteiger partial charge is 0.160 e. The number of hydrogen-bond acceptors (Lipinski definition) is 4. The van der Waals surface area contributed by atoms with Crippen LogP contribution in [0.2, 0.25) is 0 Å². The van der Waals surface area contributed by atoms with Crippen molar-refractivity contribution in [3.05, 3.63) is 193 Å². The molecule has 0 saturated heterocycles. The zero-order chi connectivity index (χ0) is 33.7. The zero-order valence-corrected chi connectivity index (χ0v) is 27.6. The van der Waals surface area contributed by atoms with Gasteiger partial charge < -0.3 is 9.73 Å². The molecular weight excluding hydrogens is 623 g/mol. The first-order valence-corrected chi connectivity index (χ1v) is 17.3. The van der Waals surface area contributed by atoms with Gasteiger partial charge in [-0.15, -0.1) is 0 Å². The average Bonchev–Trinajstić information content (AvgIpc) is 3.59. The summed E-state index contributed by atoms with van der Waals surface area (Å²) in [5.41, 5.74) is 9.20. The number of furan rings is 1. The third kappa shape index (κ3) is 5.08. The second-order valence-corrected chi connectivity index (χ2v) is 13.0. The van der Waals surface area contributed by atoms with Crippen molar-refractivity contribution in [1.82, 2.24) is 5.32 Å². The Morgan fingerprint density at radius 2 is 1.18 bits per heavy atom. The number of hydrogen-bond donors (Lipinski definition) is 1. The molecule has 0 radical (unpaired) electrons. The molecule has 240 valence electrons. The Labute approximate surface area is 295 Å². The van der Waals surface area contributed by atoms with Gasteiger partial charge in [-0.05, 0) is 73.6 Å². The Balaban J connectivity index is 1.18. The van der Waals surface area contributed by atoms with Crippen molar-refractivity contribution >= 4 is 55.2 Å². The molecule has 1 aliphatic heterocycles. The predicted molar refractivity (Wildman–Crippen MR) is 211 cm³/mol. The van der Waals surface area contributed by atoms with Gasteiger partial charge in [0.15, 0.2) is 5.84 Å². The summed E-state index contributed by atoms with van der Waals surface area (Å²) in [5.74, 6) is 1.44. The minimum absolute atomic E-state index is 0.368.